The van der Waals surface area contributed by atoms with E-state index in [0.717, 1.165) is 12.8 Å². The van der Waals surface area contributed by atoms with Gasteiger partial charge in [-0.15, -0.1) is 0 Å². The van der Waals surface area contributed by atoms with E-state index in [2.05, 4.69) is 197 Å². The summed E-state index contributed by atoms with van der Waals surface area (Å²) in [7, 11) is 1.71. The van der Waals surface area contributed by atoms with E-state index in [1.54, 1.807) is 0 Å². The Balaban J connectivity index is 1.58. The first-order chi connectivity index (χ1) is 29.1. The van der Waals surface area contributed by atoms with E-state index >= 15 is 0 Å². The van der Waals surface area contributed by atoms with Crippen molar-refractivity contribution in [1.29, 1.82) is 0 Å². The van der Waals surface area contributed by atoms with E-state index in [1.165, 1.54) is 122 Å². The Morgan fingerprint density at radius 1 is 0.393 bits per heavy atom. The summed E-state index contributed by atoms with van der Waals surface area (Å²) in [6.07, 6.45) is 1.45. The van der Waals surface area contributed by atoms with E-state index < -0.39 is 9.28 Å². The van der Waals surface area contributed by atoms with Crippen molar-refractivity contribution in [3.05, 3.63) is 194 Å². The quantitative estimate of drug-likeness (QED) is 0.121. The molecule has 0 fully saturated rings. The highest BCUT2D eigenvalue weighted by Gasteiger charge is 2.30. The zero-order valence-electron chi connectivity index (χ0n) is 38.8. The predicted octanol–water partition coefficient (Wildman–Crippen LogP) is 14.3. The van der Waals surface area contributed by atoms with E-state index in [0.29, 0.717) is 0 Å². The maximum Gasteiger partial charge on any atom is 0.423 e. The van der Waals surface area contributed by atoms with Crippen molar-refractivity contribution in [2.75, 3.05) is 14.2 Å². The third kappa shape index (κ3) is 8.62. The molecule has 0 aromatic heterocycles. The molecule has 0 bridgehead atoms. The van der Waals surface area contributed by atoms with Gasteiger partial charge in [0.25, 0.3) is 0 Å². The van der Waals surface area contributed by atoms with Crippen LogP contribution in [0.1, 0.15) is 93.1 Å². The Kier molecular flexibility index (Phi) is 12.9. The molecule has 7 aromatic rings. The number of rotatable bonds is 11. The van der Waals surface area contributed by atoms with E-state index in [4.69, 9.17) is 8.85 Å². The van der Waals surface area contributed by atoms with Crippen LogP contribution in [0.2, 0.25) is 0 Å². The van der Waals surface area contributed by atoms with Gasteiger partial charge >= 0.3 is 9.28 Å². The number of hydrogen-bond donors (Lipinski definition) is 0. The van der Waals surface area contributed by atoms with Gasteiger partial charge in [0.15, 0.2) is 0 Å². The first kappa shape index (κ1) is 43.8. The van der Waals surface area contributed by atoms with Gasteiger partial charge in [-0.25, -0.2) is 0 Å². The second kappa shape index (κ2) is 18.0. The van der Waals surface area contributed by atoms with Gasteiger partial charge in [0, 0.05) is 19.4 Å². The molecule has 1 radical (unpaired) electrons. The lowest BCUT2D eigenvalue weighted by Crippen LogP contribution is -2.41. The molecule has 0 unspecified atom stereocenters. The third-order valence-electron chi connectivity index (χ3n) is 12.8. The maximum atomic E-state index is 6.46. The van der Waals surface area contributed by atoms with Crippen molar-refractivity contribution in [3.63, 3.8) is 0 Å². The van der Waals surface area contributed by atoms with Crippen LogP contribution in [0.15, 0.2) is 121 Å². The topological polar surface area (TPSA) is 18.5 Å². The average molecular weight is 820 g/mol. The molecule has 7 aromatic carbocycles. The smallest absolute Gasteiger partial charge is 0.393 e. The number of benzene rings is 7. The third-order valence-corrected chi connectivity index (χ3v) is 14.6. The highest BCUT2D eigenvalue weighted by molar-refractivity contribution is 6.62. The van der Waals surface area contributed by atoms with Gasteiger partial charge in [-0.2, -0.15) is 0 Å². The molecule has 311 valence electrons. The van der Waals surface area contributed by atoms with Crippen molar-refractivity contribution in [2.24, 2.45) is 0 Å². The molecule has 0 aliphatic rings. The summed E-state index contributed by atoms with van der Waals surface area (Å²) in [6, 6.07) is 45.5. The molecular weight excluding hydrogens is 757 g/mol. The van der Waals surface area contributed by atoms with Crippen molar-refractivity contribution < 1.29 is 8.85 Å². The zero-order chi connectivity index (χ0) is 43.7. The summed E-state index contributed by atoms with van der Waals surface area (Å²) in [6.45, 7) is 25.0. The Labute approximate surface area is 368 Å². The minimum Gasteiger partial charge on any atom is -0.393 e. The zero-order valence-corrected chi connectivity index (χ0v) is 39.8. The van der Waals surface area contributed by atoms with Crippen LogP contribution in [0, 0.1) is 55.4 Å². The number of aryl methyl sites for hydroxylation is 8. The van der Waals surface area contributed by atoms with Crippen molar-refractivity contribution in [3.8, 4) is 44.5 Å². The summed E-state index contributed by atoms with van der Waals surface area (Å²) in [5.74, 6) is 0. The molecule has 61 heavy (non-hydrogen) atoms. The fourth-order valence-corrected chi connectivity index (χ4v) is 11.3. The van der Waals surface area contributed by atoms with E-state index in [1.807, 2.05) is 14.2 Å². The summed E-state index contributed by atoms with van der Waals surface area (Å²) < 4.78 is 12.9. The van der Waals surface area contributed by atoms with Gasteiger partial charge in [0.1, 0.15) is 0 Å². The highest BCUT2D eigenvalue weighted by atomic mass is 28.3. The molecule has 0 atom stereocenters. The van der Waals surface area contributed by atoms with Crippen LogP contribution in [0.3, 0.4) is 0 Å². The minimum atomic E-state index is -1.93. The summed E-state index contributed by atoms with van der Waals surface area (Å²) in [5.41, 5.74) is 27.0. The Morgan fingerprint density at radius 3 is 0.869 bits per heavy atom. The van der Waals surface area contributed by atoms with E-state index in [9.17, 15) is 0 Å². The van der Waals surface area contributed by atoms with Gasteiger partial charge in [-0.3, -0.25) is 0 Å². The minimum absolute atomic E-state index is 0.113. The second-order valence-corrected chi connectivity index (χ2v) is 20.1. The van der Waals surface area contributed by atoms with Gasteiger partial charge < -0.3 is 8.85 Å². The van der Waals surface area contributed by atoms with Gasteiger partial charge in [-0.1, -0.05) is 142 Å². The fourth-order valence-electron chi connectivity index (χ4n) is 9.86. The van der Waals surface area contributed by atoms with Gasteiger partial charge in [0.2, 0.25) is 0 Å². The van der Waals surface area contributed by atoms with Crippen LogP contribution in [-0.2, 0) is 27.1 Å². The van der Waals surface area contributed by atoms with Gasteiger partial charge in [0.05, 0.1) is 0 Å². The average Bonchev–Trinajstić information content (AvgIpc) is 3.20. The lowest BCUT2D eigenvalue weighted by atomic mass is 9.79. The molecule has 3 heteroatoms. The lowest BCUT2D eigenvalue weighted by molar-refractivity contribution is 0.291. The lowest BCUT2D eigenvalue weighted by Gasteiger charge is -2.28. The summed E-state index contributed by atoms with van der Waals surface area (Å²) in [5, 5.41) is 1.20. The SMILES string of the molecule is CO[Si](OC)c1c(Cc2c(-c3c(C)cccc3C)cccc2-c2c(C)cccc2C)cc(C(C)(C)C)cc1Cc1c(-c2c(C)cccc2C)cccc1-c1c(C)cccc1C. The molecule has 0 saturated heterocycles. The van der Waals surface area contributed by atoms with Crippen LogP contribution in [0.4, 0.5) is 0 Å². The summed E-state index contributed by atoms with van der Waals surface area (Å²) >= 11 is 0. The van der Waals surface area contributed by atoms with Crippen molar-refractivity contribution >= 4 is 14.5 Å². The molecule has 2 nitrogen and oxygen atoms in total. The van der Waals surface area contributed by atoms with Crippen molar-refractivity contribution in [1.82, 2.24) is 0 Å². The van der Waals surface area contributed by atoms with Crippen LogP contribution in [0.25, 0.3) is 44.5 Å². The van der Waals surface area contributed by atoms with Crippen LogP contribution < -0.4 is 5.19 Å². The second-order valence-electron chi connectivity index (χ2n) is 18.2. The van der Waals surface area contributed by atoms with Gasteiger partial charge in [-0.05, 0) is 190 Å². The molecule has 0 aliphatic carbocycles. The Bertz CT molecular complexity index is 2350. The number of hydrogen-bond acceptors (Lipinski definition) is 2. The maximum absolute atomic E-state index is 6.46. The fraction of sp³-hybridized carbons (Fsp3) is 0.276. The highest BCUT2D eigenvalue weighted by Crippen LogP contribution is 2.42. The Hall–Kier alpha value is -5.32. The largest absolute Gasteiger partial charge is 0.423 e. The molecule has 0 amide bonds. The Morgan fingerprint density at radius 2 is 0.639 bits per heavy atom. The normalized spacial score (nSPS) is 11.8. The predicted molar refractivity (Wildman–Crippen MR) is 263 cm³/mol. The van der Waals surface area contributed by atoms with Crippen molar-refractivity contribution in [2.45, 2.75) is 94.4 Å². The van der Waals surface area contributed by atoms with Crippen LogP contribution in [-0.4, -0.2) is 23.5 Å². The molecule has 7 rings (SSSR count). The standard InChI is InChI=1S/C58H63O2Si/c1-36-20-14-21-37(2)53(36)47-28-18-29-48(54-38(3)22-15-23-39(54)4)51(47)34-44-32-46(58(9,10)11)33-45(57(44)61(59-12)60-13)35-52-49(55-40(5)24-16-25-41(55)6)30-19-31-50(52)56-42(7)26-17-27-43(56)8/h14-33H,34-35H2,1-13H3. The molecule has 0 saturated carbocycles. The first-order valence-electron chi connectivity index (χ1n) is 21.8. The molecule has 0 spiro atoms. The summed E-state index contributed by atoms with van der Waals surface area (Å²) in [4.78, 5) is 0. The molecule has 0 heterocycles. The monoisotopic (exact) mass is 819 g/mol. The molecule has 0 aliphatic heterocycles. The van der Waals surface area contributed by atoms with E-state index in [-0.39, 0.29) is 5.41 Å². The van der Waals surface area contributed by atoms with Crippen LogP contribution in [0.5, 0.6) is 0 Å². The van der Waals surface area contributed by atoms with Crippen LogP contribution >= 0.6 is 0 Å². The first-order valence-corrected chi connectivity index (χ1v) is 23.1. The molecular formula is C58H63O2Si. The molecule has 0 N–H and O–H groups in total.